The Morgan fingerprint density at radius 2 is 2.09 bits per heavy atom. The molecular formula is C14H24N4O4S. The zero-order chi connectivity index (χ0) is 16.3. The van der Waals surface area contributed by atoms with Crippen molar-refractivity contribution >= 4 is 10.2 Å². The molecule has 23 heavy (non-hydrogen) atoms. The Kier molecular flexibility index (Phi) is 5.32. The fourth-order valence-corrected chi connectivity index (χ4v) is 4.84. The second kappa shape index (κ2) is 7.27. The van der Waals surface area contributed by atoms with Crippen LogP contribution in [-0.2, 0) is 21.4 Å². The lowest BCUT2D eigenvalue weighted by Gasteiger charge is -2.36. The lowest BCUT2D eigenvalue weighted by Crippen LogP contribution is -2.51. The third-order valence-electron chi connectivity index (χ3n) is 4.46. The van der Waals surface area contributed by atoms with Crippen molar-refractivity contribution in [2.24, 2.45) is 0 Å². The fraction of sp³-hybridized carbons (Fsp3) is 0.786. The number of nitrogens with zero attached hydrogens (tertiary/aromatic N) is 3. The average Bonchev–Trinajstić information content (AvgIpc) is 3.05. The molecule has 1 atom stereocenters. The maximum Gasteiger partial charge on any atom is 0.282 e. The van der Waals surface area contributed by atoms with E-state index in [-0.39, 0.29) is 12.5 Å². The summed E-state index contributed by atoms with van der Waals surface area (Å²) >= 11 is 0. The third-order valence-corrected chi connectivity index (χ3v) is 6.46. The molecule has 0 saturated carbocycles. The van der Waals surface area contributed by atoms with Gasteiger partial charge in [-0.3, -0.25) is 5.10 Å². The quantitative estimate of drug-likeness (QED) is 0.764. The first-order valence-corrected chi connectivity index (χ1v) is 9.49. The molecule has 3 rings (SSSR count). The summed E-state index contributed by atoms with van der Waals surface area (Å²) in [4.78, 5) is 0. The van der Waals surface area contributed by atoms with E-state index < -0.39 is 10.2 Å². The molecule has 2 aliphatic heterocycles. The van der Waals surface area contributed by atoms with Crippen LogP contribution in [0.25, 0.3) is 0 Å². The molecule has 3 heterocycles. The Bertz CT molecular complexity index is 612. The number of hydrogen-bond acceptors (Lipinski definition) is 5. The lowest BCUT2D eigenvalue weighted by molar-refractivity contribution is 0.0695. The number of aliphatic hydroxyl groups excluding tert-OH is 1. The van der Waals surface area contributed by atoms with Crippen LogP contribution >= 0.6 is 0 Å². The van der Waals surface area contributed by atoms with Crippen molar-refractivity contribution in [3.63, 3.8) is 0 Å². The first-order chi connectivity index (χ1) is 11.1. The van der Waals surface area contributed by atoms with Crippen molar-refractivity contribution in [3.05, 3.63) is 17.5 Å². The van der Waals surface area contributed by atoms with Gasteiger partial charge in [-0.2, -0.15) is 22.1 Å². The Morgan fingerprint density at radius 3 is 2.83 bits per heavy atom. The summed E-state index contributed by atoms with van der Waals surface area (Å²) in [5.41, 5.74) is 1.77. The van der Waals surface area contributed by atoms with Crippen LogP contribution in [0.15, 0.2) is 6.07 Å². The lowest BCUT2D eigenvalue weighted by atomic mass is 9.96. The van der Waals surface area contributed by atoms with Crippen molar-refractivity contribution in [1.82, 2.24) is 18.8 Å². The first-order valence-electron chi connectivity index (χ1n) is 8.09. The van der Waals surface area contributed by atoms with Crippen molar-refractivity contribution in [2.75, 3.05) is 46.0 Å². The van der Waals surface area contributed by atoms with Gasteiger partial charge in [-0.25, -0.2) is 0 Å². The van der Waals surface area contributed by atoms with Gasteiger partial charge in [-0.15, -0.1) is 0 Å². The van der Waals surface area contributed by atoms with Gasteiger partial charge in [-0.05, 0) is 18.9 Å². The van der Waals surface area contributed by atoms with Crippen LogP contribution in [-0.4, -0.2) is 78.3 Å². The molecular weight excluding hydrogens is 320 g/mol. The maximum absolute atomic E-state index is 12.8. The van der Waals surface area contributed by atoms with E-state index in [1.165, 1.54) is 4.31 Å². The number of H-pyrrole nitrogens is 1. The van der Waals surface area contributed by atoms with Crippen LogP contribution in [0, 0.1) is 0 Å². The largest absolute Gasteiger partial charge is 0.396 e. The van der Waals surface area contributed by atoms with Gasteiger partial charge in [0, 0.05) is 50.8 Å². The summed E-state index contributed by atoms with van der Waals surface area (Å²) in [5, 5.41) is 16.2. The van der Waals surface area contributed by atoms with E-state index >= 15 is 0 Å². The van der Waals surface area contributed by atoms with Crippen molar-refractivity contribution in [3.8, 4) is 0 Å². The summed E-state index contributed by atoms with van der Waals surface area (Å²) in [6.45, 7) is 2.86. The number of aromatic nitrogens is 2. The molecule has 8 nitrogen and oxygen atoms in total. The number of aliphatic hydroxyl groups is 1. The van der Waals surface area contributed by atoms with Gasteiger partial charge < -0.3 is 9.84 Å². The molecule has 1 aromatic heterocycles. The summed E-state index contributed by atoms with van der Waals surface area (Å²) in [5.74, 6) is 0.100. The minimum atomic E-state index is -3.42. The molecule has 0 spiro atoms. The van der Waals surface area contributed by atoms with Crippen LogP contribution in [0.1, 0.15) is 30.1 Å². The van der Waals surface area contributed by atoms with Gasteiger partial charge in [0.25, 0.3) is 10.2 Å². The minimum absolute atomic E-state index is 0.0732. The van der Waals surface area contributed by atoms with Crippen LogP contribution in [0.5, 0.6) is 0 Å². The van der Waals surface area contributed by atoms with Crippen LogP contribution in [0.3, 0.4) is 0 Å². The number of hydrogen-bond donors (Lipinski definition) is 2. The van der Waals surface area contributed by atoms with E-state index in [2.05, 4.69) is 10.2 Å². The second-order valence-electron chi connectivity index (χ2n) is 6.01. The number of ether oxygens (including phenoxy) is 1. The van der Waals surface area contributed by atoms with Crippen molar-refractivity contribution in [1.29, 1.82) is 0 Å². The molecule has 2 saturated heterocycles. The standard InChI is InChI=1S/C14H24N4O4S/c19-7-3-13-10-14(16-15-13)12-2-1-4-18(11-12)23(20,21)17-5-8-22-9-6-17/h10,12,19H,1-9,11H2,(H,15,16). The van der Waals surface area contributed by atoms with Crippen LogP contribution in [0.2, 0.25) is 0 Å². The Balaban J connectivity index is 1.69. The van der Waals surface area contributed by atoms with Gasteiger partial charge >= 0.3 is 0 Å². The van der Waals surface area contributed by atoms with Gasteiger partial charge in [0.15, 0.2) is 0 Å². The predicted octanol–water partition coefficient (Wildman–Crippen LogP) is -0.299. The Morgan fingerprint density at radius 1 is 1.30 bits per heavy atom. The molecule has 0 amide bonds. The minimum Gasteiger partial charge on any atom is -0.396 e. The van der Waals surface area contributed by atoms with E-state index in [0.717, 1.165) is 24.2 Å². The van der Waals surface area contributed by atoms with E-state index in [4.69, 9.17) is 9.84 Å². The number of piperidine rings is 1. The van der Waals surface area contributed by atoms with E-state index in [1.807, 2.05) is 6.07 Å². The highest BCUT2D eigenvalue weighted by Crippen LogP contribution is 2.28. The third kappa shape index (κ3) is 3.74. The zero-order valence-electron chi connectivity index (χ0n) is 13.1. The molecule has 1 unspecified atom stereocenters. The topological polar surface area (TPSA) is 98.8 Å². The van der Waals surface area contributed by atoms with Crippen LogP contribution in [0.4, 0.5) is 0 Å². The van der Waals surface area contributed by atoms with Crippen LogP contribution < -0.4 is 0 Å². The second-order valence-corrected chi connectivity index (χ2v) is 7.94. The molecule has 0 aliphatic carbocycles. The highest BCUT2D eigenvalue weighted by atomic mass is 32.2. The fourth-order valence-electron chi connectivity index (χ4n) is 3.17. The number of nitrogens with one attached hydrogen (secondary N) is 1. The zero-order valence-corrected chi connectivity index (χ0v) is 14.0. The monoisotopic (exact) mass is 344 g/mol. The summed E-state index contributed by atoms with van der Waals surface area (Å²) < 4.78 is 33.9. The number of morpholine rings is 1. The maximum atomic E-state index is 12.8. The molecule has 130 valence electrons. The van der Waals surface area contributed by atoms with E-state index in [9.17, 15) is 8.42 Å². The smallest absolute Gasteiger partial charge is 0.282 e. The predicted molar refractivity (Wildman–Crippen MR) is 84.2 cm³/mol. The summed E-state index contributed by atoms with van der Waals surface area (Å²) in [6.07, 6.45) is 2.30. The average molecular weight is 344 g/mol. The summed E-state index contributed by atoms with van der Waals surface area (Å²) in [7, 11) is -3.42. The number of aromatic amines is 1. The number of rotatable bonds is 5. The van der Waals surface area contributed by atoms with Crippen molar-refractivity contribution < 1.29 is 18.3 Å². The Hall–Kier alpha value is -1.00. The van der Waals surface area contributed by atoms with Crippen molar-refractivity contribution in [2.45, 2.75) is 25.2 Å². The molecule has 0 bridgehead atoms. The molecule has 0 aromatic carbocycles. The first kappa shape index (κ1) is 16.8. The Labute approximate surface area is 136 Å². The van der Waals surface area contributed by atoms with Gasteiger partial charge in [0.05, 0.1) is 18.9 Å². The molecule has 2 N–H and O–H groups in total. The summed E-state index contributed by atoms with van der Waals surface area (Å²) in [6, 6.07) is 1.94. The molecule has 0 radical (unpaired) electrons. The van der Waals surface area contributed by atoms with Gasteiger partial charge in [-0.1, -0.05) is 0 Å². The molecule has 1 aromatic rings. The normalized spacial score (nSPS) is 24.8. The SMILES string of the molecule is O=S(=O)(N1CCOCC1)N1CCCC(c2cc(CCO)[nH]n2)C1. The van der Waals surface area contributed by atoms with Gasteiger partial charge in [0.1, 0.15) is 0 Å². The molecule has 2 fully saturated rings. The molecule has 2 aliphatic rings. The van der Waals surface area contributed by atoms with Gasteiger partial charge in [0.2, 0.25) is 0 Å². The highest BCUT2D eigenvalue weighted by molar-refractivity contribution is 7.86. The van der Waals surface area contributed by atoms with E-state index in [0.29, 0.717) is 45.8 Å². The highest BCUT2D eigenvalue weighted by Gasteiger charge is 2.35. The van der Waals surface area contributed by atoms with E-state index in [1.54, 1.807) is 4.31 Å². The molecule has 9 heteroatoms.